The van der Waals surface area contributed by atoms with Crippen molar-refractivity contribution in [3.63, 3.8) is 0 Å². The minimum atomic E-state index is 0.327. The predicted octanol–water partition coefficient (Wildman–Crippen LogP) is 2.00. The number of nitrogens with zero attached hydrogens (tertiary/aromatic N) is 1. The molecule has 0 aliphatic carbocycles. The van der Waals surface area contributed by atoms with Crippen molar-refractivity contribution < 1.29 is 5.11 Å². The molecule has 0 aliphatic heterocycles. The summed E-state index contributed by atoms with van der Waals surface area (Å²) in [6.07, 6.45) is 1.72. The highest BCUT2D eigenvalue weighted by Gasteiger charge is 1.99. The number of thiophene rings is 1. The summed E-state index contributed by atoms with van der Waals surface area (Å²) in [5.74, 6) is 0.327. The maximum atomic E-state index is 9.18. The number of hydrogen-bond acceptors (Lipinski definition) is 3. The van der Waals surface area contributed by atoms with E-state index in [0.29, 0.717) is 5.75 Å². The van der Waals surface area contributed by atoms with Gasteiger partial charge in [-0.1, -0.05) is 0 Å². The second-order valence-electron chi connectivity index (χ2n) is 1.98. The molecule has 0 atom stereocenters. The summed E-state index contributed by atoms with van der Waals surface area (Å²) in [6.45, 7) is 0. The molecule has 3 heteroatoms. The monoisotopic (exact) mass is 151 g/mol. The van der Waals surface area contributed by atoms with E-state index >= 15 is 0 Å². The van der Waals surface area contributed by atoms with Crippen LogP contribution in [-0.2, 0) is 0 Å². The number of fused-ring (bicyclic) bond motifs is 1. The molecule has 0 aromatic carbocycles. The van der Waals surface area contributed by atoms with Gasteiger partial charge in [-0.2, -0.15) is 0 Å². The Hall–Kier alpha value is -1.09. The van der Waals surface area contributed by atoms with Gasteiger partial charge in [-0.3, -0.25) is 0 Å². The van der Waals surface area contributed by atoms with Crippen LogP contribution in [0.4, 0.5) is 0 Å². The largest absolute Gasteiger partial charge is 0.506 e. The van der Waals surface area contributed by atoms with E-state index in [2.05, 4.69) is 4.98 Å². The van der Waals surface area contributed by atoms with E-state index < -0.39 is 0 Å². The first-order chi connectivity index (χ1) is 4.88. The molecule has 0 spiro atoms. The van der Waals surface area contributed by atoms with E-state index in [1.54, 1.807) is 11.6 Å². The molecule has 2 rings (SSSR count). The molecule has 0 aliphatic rings. The first kappa shape index (κ1) is 5.68. The molecule has 50 valence electrons. The third kappa shape index (κ3) is 0.675. The molecular formula is C7H5NOS. The molecular weight excluding hydrogens is 146 g/mol. The molecule has 0 amide bonds. The first-order valence-electron chi connectivity index (χ1n) is 2.89. The van der Waals surface area contributed by atoms with Crippen LogP contribution < -0.4 is 0 Å². The van der Waals surface area contributed by atoms with Crippen molar-refractivity contribution in [1.29, 1.82) is 0 Å². The Morgan fingerprint density at radius 2 is 2.40 bits per heavy atom. The van der Waals surface area contributed by atoms with Crippen molar-refractivity contribution in [3.05, 3.63) is 23.7 Å². The summed E-state index contributed by atoms with van der Waals surface area (Å²) >= 11 is 1.45. The van der Waals surface area contributed by atoms with Crippen molar-refractivity contribution in [2.75, 3.05) is 0 Å². The standard InChI is InChI=1S/C7H5NOS/c9-6-4-10-7-5(6)2-1-3-8-7/h1-4,9H. The quantitative estimate of drug-likeness (QED) is 0.624. The number of rotatable bonds is 0. The first-order valence-corrected chi connectivity index (χ1v) is 3.77. The second kappa shape index (κ2) is 1.95. The molecule has 2 aromatic rings. The lowest BCUT2D eigenvalue weighted by molar-refractivity contribution is 0.483. The highest BCUT2D eigenvalue weighted by molar-refractivity contribution is 7.17. The zero-order chi connectivity index (χ0) is 6.97. The van der Waals surface area contributed by atoms with Gasteiger partial charge in [0.15, 0.2) is 0 Å². The molecule has 0 unspecified atom stereocenters. The Balaban J connectivity index is 2.93. The molecule has 0 fully saturated rings. The van der Waals surface area contributed by atoms with Gasteiger partial charge in [0.05, 0.1) is 5.39 Å². The fourth-order valence-electron chi connectivity index (χ4n) is 0.855. The third-order valence-corrected chi connectivity index (χ3v) is 2.22. The second-order valence-corrected chi connectivity index (χ2v) is 2.84. The van der Waals surface area contributed by atoms with Crippen molar-refractivity contribution >= 4 is 21.6 Å². The smallest absolute Gasteiger partial charge is 0.135 e. The van der Waals surface area contributed by atoms with Gasteiger partial charge in [0.1, 0.15) is 10.6 Å². The summed E-state index contributed by atoms with van der Waals surface area (Å²) in [7, 11) is 0. The Labute approximate surface area is 61.8 Å². The molecule has 2 aromatic heterocycles. The summed E-state index contributed by atoms with van der Waals surface area (Å²) in [6, 6.07) is 3.67. The van der Waals surface area contributed by atoms with E-state index in [9.17, 15) is 5.11 Å². The molecule has 10 heavy (non-hydrogen) atoms. The van der Waals surface area contributed by atoms with Gasteiger partial charge in [0.2, 0.25) is 0 Å². The van der Waals surface area contributed by atoms with Crippen molar-refractivity contribution in [2.45, 2.75) is 0 Å². The van der Waals surface area contributed by atoms with E-state index in [-0.39, 0.29) is 0 Å². The van der Waals surface area contributed by atoms with Gasteiger partial charge in [-0.05, 0) is 12.1 Å². The Bertz CT molecular complexity index is 355. The van der Waals surface area contributed by atoms with Crippen LogP contribution in [0, 0.1) is 0 Å². The van der Waals surface area contributed by atoms with E-state index in [1.807, 2.05) is 12.1 Å². The van der Waals surface area contributed by atoms with E-state index in [4.69, 9.17) is 0 Å². The lowest BCUT2D eigenvalue weighted by Gasteiger charge is -1.85. The van der Waals surface area contributed by atoms with Crippen LogP contribution in [-0.4, -0.2) is 10.1 Å². The lowest BCUT2D eigenvalue weighted by atomic mass is 10.3. The number of hydrogen-bond donors (Lipinski definition) is 1. The molecule has 0 radical (unpaired) electrons. The SMILES string of the molecule is Oc1csc2ncccc12. The molecule has 0 saturated heterocycles. The number of aromatic nitrogens is 1. The van der Waals surface area contributed by atoms with Gasteiger partial charge in [-0.15, -0.1) is 11.3 Å². The Kier molecular flexibility index (Phi) is 1.11. The molecule has 1 N–H and O–H groups in total. The van der Waals surface area contributed by atoms with Gasteiger partial charge >= 0.3 is 0 Å². The van der Waals surface area contributed by atoms with Crippen LogP contribution in [0.5, 0.6) is 5.75 Å². The maximum Gasteiger partial charge on any atom is 0.135 e. The third-order valence-electron chi connectivity index (χ3n) is 1.33. The van der Waals surface area contributed by atoms with Crippen molar-refractivity contribution in [3.8, 4) is 5.75 Å². The van der Waals surface area contributed by atoms with E-state index in [1.165, 1.54) is 11.3 Å². The van der Waals surface area contributed by atoms with Gasteiger partial charge < -0.3 is 5.11 Å². The van der Waals surface area contributed by atoms with Gasteiger partial charge in [0.25, 0.3) is 0 Å². The molecule has 0 bridgehead atoms. The van der Waals surface area contributed by atoms with Crippen LogP contribution >= 0.6 is 11.3 Å². The minimum absolute atomic E-state index is 0.327. The summed E-state index contributed by atoms with van der Waals surface area (Å²) in [5.41, 5.74) is 0. The zero-order valence-corrected chi connectivity index (χ0v) is 5.93. The zero-order valence-electron chi connectivity index (χ0n) is 5.11. The highest BCUT2D eigenvalue weighted by Crippen LogP contribution is 2.28. The normalized spacial score (nSPS) is 10.4. The average molecular weight is 151 g/mol. The number of pyridine rings is 1. The number of aromatic hydroxyl groups is 1. The lowest BCUT2D eigenvalue weighted by Crippen LogP contribution is -1.66. The highest BCUT2D eigenvalue weighted by atomic mass is 32.1. The van der Waals surface area contributed by atoms with Crippen LogP contribution in [0.3, 0.4) is 0 Å². The fourth-order valence-corrected chi connectivity index (χ4v) is 1.63. The molecule has 0 saturated carbocycles. The van der Waals surface area contributed by atoms with Crippen molar-refractivity contribution in [2.24, 2.45) is 0 Å². The van der Waals surface area contributed by atoms with Crippen molar-refractivity contribution in [1.82, 2.24) is 4.98 Å². The topological polar surface area (TPSA) is 33.1 Å². The van der Waals surface area contributed by atoms with E-state index in [0.717, 1.165) is 10.2 Å². The summed E-state index contributed by atoms with van der Waals surface area (Å²) in [4.78, 5) is 4.95. The van der Waals surface area contributed by atoms with Crippen LogP contribution in [0.25, 0.3) is 10.2 Å². The minimum Gasteiger partial charge on any atom is -0.506 e. The molecule has 2 nitrogen and oxygen atoms in total. The Morgan fingerprint density at radius 3 is 3.20 bits per heavy atom. The van der Waals surface area contributed by atoms with Gasteiger partial charge in [0, 0.05) is 11.6 Å². The van der Waals surface area contributed by atoms with Crippen LogP contribution in [0.1, 0.15) is 0 Å². The fraction of sp³-hybridized carbons (Fsp3) is 0. The Morgan fingerprint density at radius 1 is 1.50 bits per heavy atom. The van der Waals surface area contributed by atoms with Gasteiger partial charge in [-0.25, -0.2) is 4.98 Å². The summed E-state index contributed by atoms with van der Waals surface area (Å²) < 4.78 is 0. The molecule has 2 heterocycles. The predicted molar refractivity (Wildman–Crippen MR) is 41.3 cm³/mol. The maximum absolute atomic E-state index is 9.18. The average Bonchev–Trinajstić information content (AvgIpc) is 2.34. The summed E-state index contributed by atoms with van der Waals surface area (Å²) in [5, 5.41) is 11.7. The van der Waals surface area contributed by atoms with Crippen LogP contribution in [0.15, 0.2) is 23.7 Å². The van der Waals surface area contributed by atoms with Crippen LogP contribution in [0.2, 0.25) is 0 Å².